The van der Waals surface area contributed by atoms with E-state index < -0.39 is 0 Å². The van der Waals surface area contributed by atoms with Crippen molar-refractivity contribution < 1.29 is 23.8 Å². The molecule has 10 heteroatoms. The van der Waals surface area contributed by atoms with Gasteiger partial charge in [0.15, 0.2) is 0 Å². The molecule has 49 heavy (non-hydrogen) atoms. The second-order valence-corrected chi connectivity index (χ2v) is 13.7. The molecule has 0 unspecified atom stereocenters. The van der Waals surface area contributed by atoms with E-state index in [2.05, 4.69) is 34.9 Å². The predicted octanol–water partition coefficient (Wildman–Crippen LogP) is 7.15. The number of allylic oxidation sites excluding steroid dienone is 1. The molecule has 0 atom stereocenters. The summed E-state index contributed by atoms with van der Waals surface area (Å²) in [7, 11) is 3.11. The minimum Gasteiger partial charge on any atom is -0.496 e. The lowest BCUT2D eigenvalue weighted by atomic mass is 9.78. The molecule has 3 fully saturated rings. The number of benzene rings is 1. The summed E-state index contributed by atoms with van der Waals surface area (Å²) in [6, 6.07) is 10.7. The molecule has 3 aliphatic rings. The van der Waals surface area contributed by atoms with Crippen molar-refractivity contribution in [1.29, 1.82) is 0 Å². The molecular formula is C39H57N5O5. The maximum absolute atomic E-state index is 13.9. The molecule has 10 nitrogen and oxygen atoms in total. The van der Waals surface area contributed by atoms with Gasteiger partial charge in [-0.05, 0) is 106 Å². The first-order chi connectivity index (χ1) is 23.7. The van der Waals surface area contributed by atoms with Gasteiger partial charge >= 0.3 is 6.09 Å². The molecule has 5 rings (SSSR count). The summed E-state index contributed by atoms with van der Waals surface area (Å²) >= 11 is 0. The van der Waals surface area contributed by atoms with Gasteiger partial charge in [0.1, 0.15) is 11.6 Å². The number of hydrogen-bond donors (Lipinski definition) is 1. The van der Waals surface area contributed by atoms with Crippen molar-refractivity contribution in [3.8, 4) is 5.75 Å². The molecule has 0 bridgehead atoms. The van der Waals surface area contributed by atoms with Crippen LogP contribution in [-0.2, 0) is 14.3 Å². The number of rotatable bonds is 9. The van der Waals surface area contributed by atoms with E-state index in [1.807, 2.05) is 37.1 Å². The molecule has 1 aromatic carbocycles. The highest BCUT2D eigenvalue weighted by Gasteiger charge is 2.31. The number of carbonyl (C=O) groups excluding carboxylic acids is 2. The van der Waals surface area contributed by atoms with Crippen LogP contribution in [0, 0.1) is 18.8 Å². The number of amides is 2. The smallest absolute Gasteiger partial charge is 0.409 e. The van der Waals surface area contributed by atoms with Crippen LogP contribution in [-0.4, -0.2) is 81.2 Å². The van der Waals surface area contributed by atoms with Gasteiger partial charge in [0.05, 0.1) is 27.4 Å². The molecule has 2 N–H and O–H groups in total. The van der Waals surface area contributed by atoms with Crippen LogP contribution in [0.4, 0.5) is 10.6 Å². The molecule has 1 aliphatic heterocycles. The number of methoxy groups -OCH3 is 2. The number of pyridine rings is 1. The zero-order chi connectivity index (χ0) is 35.2. The Hall–Kier alpha value is -3.92. The number of aromatic nitrogens is 1. The molecule has 1 aromatic heterocycles. The minimum atomic E-state index is -0.261. The minimum absolute atomic E-state index is 0.0924. The Morgan fingerprint density at radius 3 is 2.37 bits per heavy atom. The third-order valence-corrected chi connectivity index (χ3v) is 9.89. The number of nitrogens with two attached hydrogens (primary N) is 1. The molecule has 2 amide bonds. The number of morpholine rings is 1. The van der Waals surface area contributed by atoms with Crippen molar-refractivity contribution in [1.82, 2.24) is 9.88 Å². The van der Waals surface area contributed by atoms with E-state index >= 15 is 0 Å². The second kappa shape index (κ2) is 19.3. The van der Waals surface area contributed by atoms with Crippen LogP contribution in [0.1, 0.15) is 94.2 Å². The fourth-order valence-corrected chi connectivity index (χ4v) is 7.02. The number of hydrogen-bond acceptors (Lipinski definition) is 8. The van der Waals surface area contributed by atoms with Gasteiger partial charge in [0.25, 0.3) is 0 Å². The lowest BCUT2D eigenvalue weighted by Crippen LogP contribution is -2.41. The maximum atomic E-state index is 13.9. The zero-order valence-electron chi connectivity index (χ0n) is 30.2. The molecule has 2 saturated carbocycles. The molecular weight excluding hydrogens is 618 g/mol. The highest BCUT2D eigenvalue weighted by molar-refractivity contribution is 6.10. The van der Waals surface area contributed by atoms with Gasteiger partial charge in [0, 0.05) is 55.8 Å². The number of anilines is 1. The molecule has 268 valence electrons. The number of nitrogens with zero attached hydrogens (tertiary/aromatic N) is 4. The Morgan fingerprint density at radius 1 is 1.04 bits per heavy atom. The van der Waals surface area contributed by atoms with Crippen LogP contribution in [0.5, 0.6) is 5.75 Å². The molecule has 2 heterocycles. The van der Waals surface area contributed by atoms with Crippen LogP contribution in [0.2, 0.25) is 0 Å². The molecule has 0 radical (unpaired) electrons. The van der Waals surface area contributed by atoms with Crippen LogP contribution in [0.25, 0.3) is 5.57 Å². The third-order valence-electron chi connectivity index (χ3n) is 9.89. The number of carbonyl (C=O) groups is 2. The monoisotopic (exact) mass is 675 g/mol. The highest BCUT2D eigenvalue weighted by Crippen LogP contribution is 2.38. The largest absolute Gasteiger partial charge is 0.496 e. The predicted molar refractivity (Wildman–Crippen MR) is 196 cm³/mol. The van der Waals surface area contributed by atoms with Crippen molar-refractivity contribution >= 4 is 29.6 Å². The maximum Gasteiger partial charge on any atom is 0.409 e. The van der Waals surface area contributed by atoms with E-state index in [0.29, 0.717) is 38.1 Å². The van der Waals surface area contributed by atoms with Crippen molar-refractivity contribution in [3.05, 3.63) is 59.4 Å². The van der Waals surface area contributed by atoms with Crippen molar-refractivity contribution in [3.63, 3.8) is 0 Å². The van der Waals surface area contributed by atoms with E-state index in [1.54, 1.807) is 24.4 Å². The fraction of sp³-hybridized carbons (Fsp3) is 0.590. The lowest BCUT2D eigenvalue weighted by Gasteiger charge is -2.35. The highest BCUT2D eigenvalue weighted by atomic mass is 16.5. The van der Waals surface area contributed by atoms with E-state index in [0.717, 1.165) is 80.6 Å². The Balaban J connectivity index is 0.000000463. The Kier molecular flexibility index (Phi) is 14.9. The lowest BCUT2D eigenvalue weighted by molar-refractivity contribution is -0.123. The third kappa shape index (κ3) is 11.0. The van der Waals surface area contributed by atoms with E-state index in [1.165, 1.54) is 24.7 Å². The van der Waals surface area contributed by atoms with Gasteiger partial charge in [-0.2, -0.15) is 0 Å². The van der Waals surface area contributed by atoms with Crippen LogP contribution in [0.15, 0.2) is 47.7 Å². The summed E-state index contributed by atoms with van der Waals surface area (Å²) in [4.78, 5) is 37.6. The number of aliphatic imine (C=N–C) groups is 1. The average Bonchev–Trinajstić information content (AvgIpc) is 3.14. The van der Waals surface area contributed by atoms with Crippen LogP contribution >= 0.6 is 0 Å². The summed E-state index contributed by atoms with van der Waals surface area (Å²) < 4.78 is 15.0. The van der Waals surface area contributed by atoms with E-state index in [4.69, 9.17) is 20.2 Å². The Labute approximate surface area is 293 Å². The van der Waals surface area contributed by atoms with Crippen molar-refractivity contribution in [2.24, 2.45) is 22.6 Å². The van der Waals surface area contributed by atoms with Crippen molar-refractivity contribution in [2.45, 2.75) is 90.5 Å². The van der Waals surface area contributed by atoms with Gasteiger partial charge < -0.3 is 24.8 Å². The quantitative estimate of drug-likeness (QED) is 0.281. The zero-order valence-corrected chi connectivity index (χ0v) is 30.2. The Bertz CT molecular complexity index is 1410. The molecule has 2 aromatic rings. The second-order valence-electron chi connectivity index (χ2n) is 13.7. The first kappa shape index (κ1) is 37.9. The number of aryl methyl sites for hydroxylation is 1. The first-order valence-electron chi connectivity index (χ1n) is 18.0. The molecule has 2 aliphatic carbocycles. The van der Waals surface area contributed by atoms with Gasteiger partial charge in [-0.1, -0.05) is 31.4 Å². The normalized spacial score (nSPS) is 20.4. The average molecular weight is 676 g/mol. The molecule has 0 spiro atoms. The van der Waals surface area contributed by atoms with Crippen molar-refractivity contribution in [2.75, 3.05) is 52.0 Å². The van der Waals surface area contributed by atoms with Crippen LogP contribution in [0.3, 0.4) is 0 Å². The van der Waals surface area contributed by atoms with Gasteiger partial charge in [-0.25, -0.2) is 9.78 Å². The fourth-order valence-electron chi connectivity index (χ4n) is 7.02. The Morgan fingerprint density at radius 2 is 1.76 bits per heavy atom. The summed E-state index contributed by atoms with van der Waals surface area (Å²) in [6.07, 6.45) is 14.9. The van der Waals surface area contributed by atoms with E-state index in [-0.39, 0.29) is 24.0 Å². The summed E-state index contributed by atoms with van der Waals surface area (Å²) in [6.45, 7) is 9.45. The van der Waals surface area contributed by atoms with Gasteiger partial charge in [-0.15, -0.1) is 0 Å². The summed E-state index contributed by atoms with van der Waals surface area (Å²) in [5, 5.41) is 0. The first-order valence-corrected chi connectivity index (χ1v) is 18.0. The van der Waals surface area contributed by atoms with Gasteiger partial charge in [-0.3, -0.25) is 14.7 Å². The molecule has 1 saturated heterocycles. The van der Waals surface area contributed by atoms with Crippen LogP contribution < -0.4 is 15.4 Å². The summed E-state index contributed by atoms with van der Waals surface area (Å²) in [5.41, 5.74) is 10.3. The van der Waals surface area contributed by atoms with E-state index in [9.17, 15) is 9.59 Å². The standard InChI is InChI=1S/C33H46N4O2.C6H11NO3/c1-23(2)36-21-30(20-34)29-16-17-35-32(19-29)37(33(38)27-8-6-5-7-9-27)22-25-10-12-26(13-11-25)28-14-15-31(39-4)24(3)18-28;1-9-6(8)7-2-4-10-5-3-7/h14-21,23,25-27H,5-13,22,34H2,1-4H3;2-5H2,1H3/b30-20+,36-21?;. The summed E-state index contributed by atoms with van der Waals surface area (Å²) in [5.74, 6) is 3.03. The van der Waals surface area contributed by atoms with Gasteiger partial charge in [0.2, 0.25) is 5.91 Å². The SMILES string of the molecule is COC(=O)N1CCOCC1.COc1ccc(C2CCC(CN(C(=O)C3CCCCC3)c3cc(/C(C=NC(C)C)=C/N)ccn3)CC2)cc1C. The topological polar surface area (TPSA) is 120 Å². The number of ether oxygens (including phenoxy) is 3.